The Labute approximate surface area is 127 Å². The van der Waals surface area contributed by atoms with Crippen molar-refractivity contribution in [1.29, 1.82) is 0 Å². The first-order valence-corrected chi connectivity index (χ1v) is 8.31. The van der Waals surface area contributed by atoms with Gasteiger partial charge in [-0.1, -0.05) is 37.6 Å². The number of benzene rings is 1. The van der Waals surface area contributed by atoms with Gasteiger partial charge < -0.3 is 5.32 Å². The predicted octanol–water partition coefficient (Wildman–Crippen LogP) is 4.99. The van der Waals surface area contributed by atoms with Crippen LogP contribution in [0.3, 0.4) is 0 Å². The van der Waals surface area contributed by atoms with Gasteiger partial charge in [0.2, 0.25) is 0 Å². The minimum atomic E-state index is 0.188. The summed E-state index contributed by atoms with van der Waals surface area (Å²) in [6.45, 7) is 12.3. The summed E-state index contributed by atoms with van der Waals surface area (Å²) in [6, 6.07) is 8.16. The Morgan fingerprint density at radius 3 is 2.21 bits per heavy atom. The molecule has 1 N–H and O–H groups in total. The zero-order valence-electron chi connectivity index (χ0n) is 12.7. The summed E-state index contributed by atoms with van der Waals surface area (Å²) < 4.78 is 0. The predicted molar refractivity (Wildman–Crippen MR) is 89.1 cm³/mol. The van der Waals surface area contributed by atoms with Crippen molar-refractivity contribution in [2.24, 2.45) is 5.92 Å². The summed E-state index contributed by atoms with van der Waals surface area (Å²) >= 11 is 7.93. The second-order valence-electron chi connectivity index (χ2n) is 6.35. The lowest BCUT2D eigenvalue weighted by Gasteiger charge is -2.27. The average molecular weight is 300 g/mol. The molecule has 1 unspecified atom stereocenters. The minimum Gasteiger partial charge on any atom is -0.311 e. The van der Waals surface area contributed by atoms with Gasteiger partial charge in [0.25, 0.3) is 0 Å². The van der Waals surface area contributed by atoms with E-state index in [1.54, 1.807) is 0 Å². The fraction of sp³-hybridized carbons (Fsp3) is 0.625. The highest BCUT2D eigenvalue weighted by molar-refractivity contribution is 7.99. The summed E-state index contributed by atoms with van der Waals surface area (Å²) in [5, 5.41) is 5.05. The number of halogens is 1. The third-order valence-corrected chi connectivity index (χ3v) is 4.85. The highest BCUT2D eigenvalue weighted by atomic mass is 35.5. The van der Waals surface area contributed by atoms with Crippen molar-refractivity contribution in [3.63, 3.8) is 0 Å². The van der Waals surface area contributed by atoms with E-state index in [9.17, 15) is 0 Å². The first-order valence-electron chi connectivity index (χ1n) is 6.89. The van der Waals surface area contributed by atoms with E-state index in [1.165, 1.54) is 5.56 Å². The first kappa shape index (κ1) is 16.9. The van der Waals surface area contributed by atoms with Crippen molar-refractivity contribution >= 4 is 23.4 Å². The monoisotopic (exact) mass is 299 g/mol. The van der Waals surface area contributed by atoms with Crippen molar-refractivity contribution in [3.05, 3.63) is 34.9 Å². The van der Waals surface area contributed by atoms with E-state index in [2.05, 4.69) is 52.1 Å². The standard InChI is InChI=1S/C16H26ClNS/c1-12(2)15(10-18-16(3,4)5)19-11-13-6-8-14(17)9-7-13/h6-9,12,15,18H,10-11H2,1-5H3. The number of rotatable bonds is 6. The zero-order chi connectivity index (χ0) is 14.5. The molecule has 0 aromatic heterocycles. The molecule has 0 saturated carbocycles. The van der Waals surface area contributed by atoms with Gasteiger partial charge in [-0.2, -0.15) is 11.8 Å². The lowest BCUT2D eigenvalue weighted by molar-refractivity contribution is 0.408. The van der Waals surface area contributed by atoms with Gasteiger partial charge in [0.15, 0.2) is 0 Å². The van der Waals surface area contributed by atoms with Crippen LogP contribution in [0.25, 0.3) is 0 Å². The Kier molecular flexibility index (Phi) is 6.72. The van der Waals surface area contributed by atoms with Crippen molar-refractivity contribution in [3.8, 4) is 0 Å². The molecular weight excluding hydrogens is 274 g/mol. The Hall–Kier alpha value is -0.180. The molecule has 0 spiro atoms. The van der Waals surface area contributed by atoms with E-state index in [-0.39, 0.29) is 5.54 Å². The van der Waals surface area contributed by atoms with Crippen LogP contribution >= 0.6 is 23.4 Å². The van der Waals surface area contributed by atoms with Crippen LogP contribution in [0.15, 0.2) is 24.3 Å². The molecule has 0 saturated heterocycles. The summed E-state index contributed by atoms with van der Waals surface area (Å²) in [7, 11) is 0. The molecule has 19 heavy (non-hydrogen) atoms. The maximum absolute atomic E-state index is 5.91. The van der Waals surface area contributed by atoms with Gasteiger partial charge in [-0.15, -0.1) is 0 Å². The lowest BCUT2D eigenvalue weighted by atomic mass is 10.1. The molecule has 108 valence electrons. The van der Waals surface area contributed by atoms with Gasteiger partial charge in [-0.25, -0.2) is 0 Å². The zero-order valence-corrected chi connectivity index (χ0v) is 14.2. The largest absolute Gasteiger partial charge is 0.311 e. The third-order valence-electron chi connectivity index (χ3n) is 2.95. The molecule has 0 bridgehead atoms. The number of hydrogen-bond acceptors (Lipinski definition) is 2. The lowest BCUT2D eigenvalue weighted by Crippen LogP contribution is -2.41. The molecule has 1 aromatic rings. The van der Waals surface area contributed by atoms with Crippen molar-refractivity contribution < 1.29 is 0 Å². The fourth-order valence-electron chi connectivity index (χ4n) is 1.68. The molecule has 1 nitrogen and oxygen atoms in total. The molecule has 0 heterocycles. The second-order valence-corrected chi connectivity index (χ2v) is 8.01. The van der Waals surface area contributed by atoms with E-state index >= 15 is 0 Å². The molecule has 0 aliphatic rings. The molecule has 0 fully saturated rings. The summed E-state index contributed by atoms with van der Waals surface area (Å²) in [5.74, 6) is 1.72. The van der Waals surface area contributed by atoms with E-state index in [1.807, 2.05) is 23.9 Å². The Morgan fingerprint density at radius 1 is 1.16 bits per heavy atom. The third kappa shape index (κ3) is 7.24. The molecule has 1 rings (SSSR count). The van der Waals surface area contributed by atoms with Crippen LogP contribution in [0.2, 0.25) is 5.02 Å². The van der Waals surface area contributed by atoms with E-state index in [0.717, 1.165) is 17.3 Å². The molecule has 0 aliphatic heterocycles. The van der Waals surface area contributed by atoms with Gasteiger partial charge >= 0.3 is 0 Å². The molecule has 1 atom stereocenters. The molecule has 0 amide bonds. The quantitative estimate of drug-likeness (QED) is 0.794. The minimum absolute atomic E-state index is 0.188. The molecular formula is C16H26ClNS. The fourth-order valence-corrected chi connectivity index (χ4v) is 2.99. The number of thioether (sulfide) groups is 1. The first-order chi connectivity index (χ1) is 8.78. The van der Waals surface area contributed by atoms with Crippen LogP contribution < -0.4 is 5.32 Å². The summed E-state index contributed by atoms with van der Waals surface area (Å²) in [5.41, 5.74) is 1.53. The van der Waals surface area contributed by atoms with Gasteiger partial charge in [0.05, 0.1) is 0 Å². The summed E-state index contributed by atoms with van der Waals surface area (Å²) in [4.78, 5) is 0. The Balaban J connectivity index is 2.47. The van der Waals surface area contributed by atoms with Crippen LogP contribution in [-0.2, 0) is 5.75 Å². The normalized spacial score (nSPS) is 13.8. The van der Waals surface area contributed by atoms with E-state index in [4.69, 9.17) is 11.6 Å². The highest BCUT2D eigenvalue weighted by Gasteiger charge is 2.17. The van der Waals surface area contributed by atoms with Crippen LogP contribution in [0.5, 0.6) is 0 Å². The maximum atomic E-state index is 5.91. The van der Waals surface area contributed by atoms with Crippen LogP contribution in [-0.4, -0.2) is 17.3 Å². The topological polar surface area (TPSA) is 12.0 Å². The van der Waals surface area contributed by atoms with Gasteiger partial charge in [0.1, 0.15) is 0 Å². The van der Waals surface area contributed by atoms with Gasteiger partial charge in [0, 0.05) is 28.1 Å². The number of hydrogen-bond donors (Lipinski definition) is 1. The Bertz CT molecular complexity index is 367. The van der Waals surface area contributed by atoms with Gasteiger partial charge in [-0.05, 0) is 44.4 Å². The van der Waals surface area contributed by atoms with Crippen LogP contribution in [0.1, 0.15) is 40.2 Å². The number of nitrogens with one attached hydrogen (secondary N) is 1. The van der Waals surface area contributed by atoms with Crippen molar-refractivity contribution in [2.45, 2.75) is 51.2 Å². The molecule has 1 aromatic carbocycles. The van der Waals surface area contributed by atoms with Crippen LogP contribution in [0.4, 0.5) is 0 Å². The average Bonchev–Trinajstić information content (AvgIpc) is 2.29. The highest BCUT2D eigenvalue weighted by Crippen LogP contribution is 2.24. The molecule has 0 aliphatic carbocycles. The molecule has 0 radical (unpaired) electrons. The van der Waals surface area contributed by atoms with Crippen molar-refractivity contribution in [2.75, 3.05) is 6.54 Å². The Morgan fingerprint density at radius 2 is 1.74 bits per heavy atom. The summed E-state index contributed by atoms with van der Waals surface area (Å²) in [6.07, 6.45) is 0. The van der Waals surface area contributed by atoms with E-state index < -0.39 is 0 Å². The van der Waals surface area contributed by atoms with Crippen LogP contribution in [0, 0.1) is 5.92 Å². The second kappa shape index (κ2) is 7.56. The molecule has 3 heteroatoms. The van der Waals surface area contributed by atoms with Gasteiger partial charge in [-0.3, -0.25) is 0 Å². The smallest absolute Gasteiger partial charge is 0.0406 e. The van der Waals surface area contributed by atoms with E-state index in [0.29, 0.717) is 11.2 Å². The SMILES string of the molecule is CC(C)C(CNC(C)(C)C)SCc1ccc(Cl)cc1. The van der Waals surface area contributed by atoms with Crippen molar-refractivity contribution in [1.82, 2.24) is 5.32 Å². The maximum Gasteiger partial charge on any atom is 0.0406 e.